The summed E-state index contributed by atoms with van der Waals surface area (Å²) >= 11 is 0. The molecule has 3 heterocycles. The number of fused-ring (bicyclic) bond motifs is 1. The lowest BCUT2D eigenvalue weighted by Gasteiger charge is -2.37. The van der Waals surface area contributed by atoms with E-state index in [1.165, 1.54) is 6.26 Å². The second-order valence-electron chi connectivity index (χ2n) is 8.66. The van der Waals surface area contributed by atoms with Gasteiger partial charge < -0.3 is 19.4 Å². The van der Waals surface area contributed by atoms with Crippen LogP contribution >= 0.6 is 0 Å². The van der Waals surface area contributed by atoms with Gasteiger partial charge in [-0.15, -0.1) is 0 Å². The average molecular weight is 464 g/mol. The largest absolute Gasteiger partial charge is 0.497 e. The van der Waals surface area contributed by atoms with Crippen LogP contribution < -0.4 is 4.74 Å². The van der Waals surface area contributed by atoms with Gasteiger partial charge in [-0.05, 0) is 73.4 Å². The Labute approximate surface area is 198 Å². The van der Waals surface area contributed by atoms with Crippen molar-refractivity contribution in [2.75, 3.05) is 26.7 Å². The van der Waals surface area contributed by atoms with E-state index in [0.717, 1.165) is 35.9 Å². The molecule has 8 nitrogen and oxygen atoms in total. The maximum Gasteiger partial charge on any atom is 0.303 e. The molecule has 0 radical (unpaired) electrons. The molecule has 0 unspecified atom stereocenters. The molecule has 1 saturated heterocycles. The number of nitrogens with zero attached hydrogens (tertiary/aromatic N) is 3. The zero-order valence-corrected chi connectivity index (χ0v) is 19.2. The lowest BCUT2D eigenvalue weighted by Crippen LogP contribution is -2.41. The number of carboxylic acids is 1. The number of aromatic nitrogens is 2. The number of aliphatic carboxylic acids is 1. The molecule has 1 aromatic carbocycles. The van der Waals surface area contributed by atoms with Gasteiger partial charge in [-0.1, -0.05) is 5.92 Å². The van der Waals surface area contributed by atoms with Crippen LogP contribution in [0.15, 0.2) is 47.3 Å². The van der Waals surface area contributed by atoms with Crippen molar-refractivity contribution >= 4 is 16.9 Å². The SMILES string of the molecule is COc1ccc2nccc([C@H](O)CC[C@@H]3CCN(CC#Cc4ncco4)C[C@@H]3CC(=O)O)c2c1. The number of piperidine rings is 1. The first-order valence-corrected chi connectivity index (χ1v) is 11.5. The number of hydrogen-bond acceptors (Lipinski definition) is 7. The van der Waals surface area contributed by atoms with Crippen molar-refractivity contribution in [3.05, 3.63) is 54.4 Å². The van der Waals surface area contributed by atoms with Crippen molar-refractivity contribution in [3.8, 4) is 17.6 Å². The number of benzene rings is 1. The number of aliphatic hydroxyl groups is 1. The van der Waals surface area contributed by atoms with E-state index in [0.29, 0.717) is 31.2 Å². The van der Waals surface area contributed by atoms with E-state index in [-0.39, 0.29) is 18.3 Å². The van der Waals surface area contributed by atoms with Crippen molar-refractivity contribution in [3.63, 3.8) is 0 Å². The van der Waals surface area contributed by atoms with Gasteiger partial charge >= 0.3 is 5.97 Å². The molecular formula is C26H29N3O5. The molecule has 3 atom stereocenters. The van der Waals surface area contributed by atoms with Crippen molar-refractivity contribution in [1.82, 2.24) is 14.9 Å². The predicted octanol–water partition coefficient (Wildman–Crippen LogP) is 3.51. The van der Waals surface area contributed by atoms with Gasteiger partial charge in [0.25, 0.3) is 5.89 Å². The minimum atomic E-state index is -0.796. The van der Waals surface area contributed by atoms with Gasteiger partial charge in [0, 0.05) is 24.5 Å². The molecule has 0 spiro atoms. The number of rotatable bonds is 8. The number of methoxy groups -OCH3 is 1. The summed E-state index contributed by atoms with van der Waals surface area (Å²) in [5, 5.41) is 21.3. The Morgan fingerprint density at radius 3 is 2.94 bits per heavy atom. The van der Waals surface area contributed by atoms with E-state index in [9.17, 15) is 15.0 Å². The second kappa shape index (κ2) is 11.1. The molecule has 0 bridgehead atoms. The van der Waals surface area contributed by atoms with E-state index in [4.69, 9.17) is 9.15 Å². The molecule has 2 N–H and O–H groups in total. The molecule has 2 aromatic heterocycles. The molecule has 4 rings (SSSR count). The number of ether oxygens (including phenoxy) is 1. The van der Waals surface area contributed by atoms with Gasteiger partial charge in [0.15, 0.2) is 0 Å². The van der Waals surface area contributed by atoms with Crippen LogP contribution in [0.1, 0.15) is 43.2 Å². The molecule has 1 aliphatic rings. The van der Waals surface area contributed by atoms with Gasteiger partial charge in [-0.2, -0.15) is 0 Å². The minimum absolute atomic E-state index is 0.0104. The fraction of sp³-hybridized carbons (Fsp3) is 0.423. The van der Waals surface area contributed by atoms with Gasteiger partial charge in [-0.25, -0.2) is 4.98 Å². The van der Waals surface area contributed by atoms with Gasteiger partial charge in [0.1, 0.15) is 12.0 Å². The highest BCUT2D eigenvalue weighted by Crippen LogP contribution is 2.34. The Hall–Kier alpha value is -3.41. The summed E-state index contributed by atoms with van der Waals surface area (Å²) < 4.78 is 10.5. The normalized spacial score (nSPS) is 19.4. The minimum Gasteiger partial charge on any atom is -0.497 e. The Balaban J connectivity index is 1.39. The predicted molar refractivity (Wildman–Crippen MR) is 126 cm³/mol. The third-order valence-corrected chi connectivity index (χ3v) is 6.49. The summed E-state index contributed by atoms with van der Waals surface area (Å²) in [5.41, 5.74) is 1.62. The standard InChI is InChI=1S/C26H29N3O5/c1-33-20-5-6-23-22(16-20)21(8-10-27-23)24(30)7-4-18-9-13-29(17-19(18)15-26(31)32)12-2-3-25-28-11-14-34-25/h5-6,8,10-11,14,16,18-19,24,30H,4,7,9,12-13,15,17H2,1H3,(H,31,32)/t18-,19+,24-/m1/s1. The summed E-state index contributed by atoms with van der Waals surface area (Å²) in [6, 6.07) is 7.47. The van der Waals surface area contributed by atoms with Crippen molar-refractivity contribution < 1.29 is 24.2 Å². The maximum absolute atomic E-state index is 11.5. The Morgan fingerprint density at radius 1 is 1.29 bits per heavy atom. The van der Waals surface area contributed by atoms with Crippen LogP contribution in [0.5, 0.6) is 5.75 Å². The topological polar surface area (TPSA) is 109 Å². The van der Waals surface area contributed by atoms with Gasteiger partial charge in [-0.3, -0.25) is 14.7 Å². The van der Waals surface area contributed by atoms with Crippen molar-refractivity contribution in [2.45, 2.75) is 31.8 Å². The molecule has 34 heavy (non-hydrogen) atoms. The van der Waals surface area contributed by atoms with Crippen LogP contribution in [0.4, 0.5) is 0 Å². The van der Waals surface area contributed by atoms with E-state index >= 15 is 0 Å². The molecule has 3 aromatic rings. The third-order valence-electron chi connectivity index (χ3n) is 6.49. The number of aliphatic hydroxyl groups excluding tert-OH is 1. The number of pyridine rings is 1. The number of hydrogen-bond donors (Lipinski definition) is 2. The fourth-order valence-corrected chi connectivity index (χ4v) is 4.74. The highest BCUT2D eigenvalue weighted by molar-refractivity contribution is 5.83. The average Bonchev–Trinajstić information content (AvgIpc) is 3.36. The molecule has 178 valence electrons. The molecule has 1 fully saturated rings. The van der Waals surface area contributed by atoms with E-state index in [2.05, 4.69) is 26.7 Å². The molecule has 0 amide bonds. The summed E-state index contributed by atoms with van der Waals surface area (Å²) in [6.45, 7) is 2.05. The molecule has 0 saturated carbocycles. The number of likely N-dealkylation sites (tertiary alicyclic amines) is 1. The van der Waals surface area contributed by atoms with Gasteiger partial charge in [0.2, 0.25) is 0 Å². The summed E-state index contributed by atoms with van der Waals surface area (Å²) in [4.78, 5) is 22.1. The van der Waals surface area contributed by atoms with Crippen molar-refractivity contribution in [1.29, 1.82) is 0 Å². The van der Waals surface area contributed by atoms with Crippen LogP contribution in [-0.4, -0.2) is 57.8 Å². The van der Waals surface area contributed by atoms with E-state index < -0.39 is 12.1 Å². The second-order valence-corrected chi connectivity index (χ2v) is 8.66. The van der Waals surface area contributed by atoms with Crippen LogP contribution in [0.3, 0.4) is 0 Å². The zero-order chi connectivity index (χ0) is 23.9. The third kappa shape index (κ3) is 5.93. The maximum atomic E-state index is 11.5. The number of oxazole rings is 1. The molecule has 0 aliphatic carbocycles. The zero-order valence-electron chi connectivity index (χ0n) is 19.2. The first-order chi connectivity index (χ1) is 16.5. The molecule has 8 heteroatoms. The van der Waals surface area contributed by atoms with Gasteiger partial charge in [0.05, 0.1) is 31.5 Å². The molecular weight excluding hydrogens is 434 g/mol. The quantitative estimate of drug-likeness (QED) is 0.489. The Kier molecular flexibility index (Phi) is 7.78. The Bertz CT molecular complexity index is 1170. The monoisotopic (exact) mass is 463 g/mol. The Morgan fingerprint density at radius 2 is 2.18 bits per heavy atom. The fourth-order valence-electron chi connectivity index (χ4n) is 4.74. The smallest absolute Gasteiger partial charge is 0.303 e. The van der Waals surface area contributed by atoms with Crippen LogP contribution in [-0.2, 0) is 4.79 Å². The summed E-state index contributed by atoms with van der Waals surface area (Å²) in [5.74, 6) is 6.49. The number of carbonyl (C=O) groups is 1. The lowest BCUT2D eigenvalue weighted by atomic mass is 9.79. The molecule has 1 aliphatic heterocycles. The van der Waals surface area contributed by atoms with Crippen LogP contribution in [0.25, 0.3) is 10.9 Å². The lowest BCUT2D eigenvalue weighted by molar-refractivity contribution is -0.139. The van der Waals surface area contributed by atoms with E-state index in [1.54, 1.807) is 19.5 Å². The van der Waals surface area contributed by atoms with E-state index in [1.807, 2.05) is 24.3 Å². The summed E-state index contributed by atoms with van der Waals surface area (Å²) in [7, 11) is 1.61. The van der Waals surface area contributed by atoms with Crippen LogP contribution in [0.2, 0.25) is 0 Å². The van der Waals surface area contributed by atoms with Crippen LogP contribution in [0, 0.1) is 23.7 Å². The first-order valence-electron chi connectivity index (χ1n) is 11.5. The first kappa shape index (κ1) is 23.7. The number of carboxylic acid groups (broad SMARTS) is 1. The van der Waals surface area contributed by atoms with Crippen molar-refractivity contribution in [2.24, 2.45) is 11.8 Å². The highest BCUT2D eigenvalue weighted by atomic mass is 16.5. The summed E-state index contributed by atoms with van der Waals surface area (Å²) in [6.07, 6.45) is 6.38. The highest BCUT2D eigenvalue weighted by Gasteiger charge is 2.31.